The Morgan fingerprint density at radius 2 is 2.13 bits per heavy atom. The predicted molar refractivity (Wildman–Crippen MR) is 53.3 cm³/mol. The molecule has 5 nitrogen and oxygen atoms in total. The van der Waals surface area contributed by atoms with Gasteiger partial charge in [0.15, 0.2) is 0 Å². The highest BCUT2D eigenvalue weighted by Gasteiger charge is 2.35. The van der Waals surface area contributed by atoms with Gasteiger partial charge in [-0.25, -0.2) is 0 Å². The van der Waals surface area contributed by atoms with E-state index < -0.39 is 5.97 Å². The van der Waals surface area contributed by atoms with Crippen LogP contribution < -0.4 is 5.32 Å². The lowest BCUT2D eigenvalue weighted by molar-refractivity contribution is -0.146. The highest BCUT2D eigenvalue weighted by molar-refractivity contribution is 5.79. The number of amides is 1. The molecule has 0 radical (unpaired) electrons. The molecule has 0 heterocycles. The molecule has 0 aromatic heterocycles. The molecule has 86 valence electrons. The van der Waals surface area contributed by atoms with E-state index in [1.807, 2.05) is 0 Å². The van der Waals surface area contributed by atoms with Gasteiger partial charge in [0.25, 0.3) is 0 Å². The van der Waals surface area contributed by atoms with Crippen molar-refractivity contribution in [2.45, 2.75) is 25.8 Å². The zero-order valence-electron chi connectivity index (χ0n) is 9.03. The molecule has 15 heavy (non-hydrogen) atoms. The van der Waals surface area contributed by atoms with Crippen LogP contribution in [-0.4, -0.2) is 36.7 Å². The number of methoxy groups -OCH3 is 1. The molecule has 1 atom stereocenters. The highest BCUT2D eigenvalue weighted by Crippen LogP contribution is 2.27. The number of carboxylic acids is 1. The number of hydrogen-bond acceptors (Lipinski definition) is 3. The third-order valence-electron chi connectivity index (χ3n) is 2.70. The van der Waals surface area contributed by atoms with Gasteiger partial charge in [-0.1, -0.05) is 6.92 Å². The van der Waals surface area contributed by atoms with Crippen molar-refractivity contribution in [2.75, 3.05) is 13.7 Å². The van der Waals surface area contributed by atoms with E-state index in [0.717, 1.165) is 0 Å². The highest BCUT2D eigenvalue weighted by atomic mass is 16.5. The molecule has 0 spiro atoms. The van der Waals surface area contributed by atoms with Crippen LogP contribution in [0.1, 0.15) is 19.8 Å². The molecule has 1 fully saturated rings. The summed E-state index contributed by atoms with van der Waals surface area (Å²) in [6.07, 6.45) is 1.08. The Hall–Kier alpha value is -1.10. The molecule has 0 aromatic carbocycles. The first-order valence-corrected chi connectivity index (χ1v) is 5.06. The fourth-order valence-electron chi connectivity index (χ4n) is 1.61. The van der Waals surface area contributed by atoms with Crippen molar-refractivity contribution in [2.24, 2.45) is 11.8 Å². The van der Waals surface area contributed by atoms with E-state index >= 15 is 0 Å². The van der Waals surface area contributed by atoms with Crippen LogP contribution in [-0.2, 0) is 14.3 Å². The topological polar surface area (TPSA) is 75.6 Å². The van der Waals surface area contributed by atoms with Gasteiger partial charge in [0.1, 0.15) is 0 Å². The van der Waals surface area contributed by atoms with Gasteiger partial charge in [-0.15, -0.1) is 0 Å². The summed E-state index contributed by atoms with van der Waals surface area (Å²) in [5.74, 6) is -1.30. The first-order chi connectivity index (χ1) is 7.04. The summed E-state index contributed by atoms with van der Waals surface area (Å²) in [5, 5.41) is 11.4. The van der Waals surface area contributed by atoms with E-state index in [1.54, 1.807) is 14.0 Å². The normalized spacial score (nSPS) is 26.5. The van der Waals surface area contributed by atoms with Crippen molar-refractivity contribution in [3.05, 3.63) is 0 Å². The van der Waals surface area contributed by atoms with E-state index in [2.05, 4.69) is 5.32 Å². The Morgan fingerprint density at radius 1 is 1.53 bits per heavy atom. The van der Waals surface area contributed by atoms with E-state index in [-0.39, 0.29) is 23.8 Å². The largest absolute Gasteiger partial charge is 0.481 e. The van der Waals surface area contributed by atoms with Crippen LogP contribution in [0.3, 0.4) is 0 Å². The molecular formula is C10H17NO4. The summed E-state index contributed by atoms with van der Waals surface area (Å²) in [6.45, 7) is 2.17. The molecule has 1 amide bonds. The van der Waals surface area contributed by atoms with Crippen molar-refractivity contribution in [1.29, 1.82) is 0 Å². The van der Waals surface area contributed by atoms with E-state index in [4.69, 9.17) is 9.84 Å². The van der Waals surface area contributed by atoms with Crippen molar-refractivity contribution in [3.8, 4) is 0 Å². The van der Waals surface area contributed by atoms with E-state index in [9.17, 15) is 9.59 Å². The molecule has 0 saturated heterocycles. The molecule has 0 aromatic rings. The second kappa shape index (κ2) is 5.11. The average molecular weight is 215 g/mol. The maximum atomic E-state index is 11.5. The Bertz CT molecular complexity index is 248. The SMILES string of the molecule is COCC(C)C(=O)NC1CC(C(=O)O)C1. The lowest BCUT2D eigenvalue weighted by Crippen LogP contribution is -2.48. The number of ether oxygens (including phenoxy) is 1. The molecule has 5 heteroatoms. The Kier molecular flexibility index (Phi) is 4.08. The molecular weight excluding hydrogens is 198 g/mol. The second-order valence-corrected chi connectivity index (χ2v) is 4.07. The minimum absolute atomic E-state index is 0.0258. The monoisotopic (exact) mass is 215 g/mol. The first-order valence-electron chi connectivity index (χ1n) is 5.06. The van der Waals surface area contributed by atoms with Gasteiger partial charge in [0.05, 0.1) is 18.4 Å². The lowest BCUT2D eigenvalue weighted by Gasteiger charge is -2.33. The van der Waals surface area contributed by atoms with E-state index in [0.29, 0.717) is 19.4 Å². The van der Waals surface area contributed by atoms with Crippen LogP contribution in [0.4, 0.5) is 0 Å². The number of aliphatic carboxylic acids is 1. The summed E-state index contributed by atoms with van der Waals surface area (Å²) in [4.78, 5) is 22.0. The van der Waals surface area contributed by atoms with Gasteiger partial charge in [-0.2, -0.15) is 0 Å². The quantitative estimate of drug-likeness (QED) is 0.689. The minimum Gasteiger partial charge on any atom is -0.481 e. The van der Waals surface area contributed by atoms with Gasteiger partial charge in [-0.3, -0.25) is 9.59 Å². The summed E-state index contributed by atoms with van der Waals surface area (Å²) >= 11 is 0. The Labute approximate surface area is 88.8 Å². The van der Waals surface area contributed by atoms with Crippen molar-refractivity contribution >= 4 is 11.9 Å². The van der Waals surface area contributed by atoms with Gasteiger partial charge in [-0.05, 0) is 12.8 Å². The molecule has 1 aliphatic carbocycles. The molecule has 2 N–H and O–H groups in total. The number of hydrogen-bond donors (Lipinski definition) is 2. The Balaban J connectivity index is 2.21. The van der Waals surface area contributed by atoms with E-state index in [1.165, 1.54) is 0 Å². The van der Waals surface area contributed by atoms with Crippen LogP contribution in [0, 0.1) is 11.8 Å². The number of carbonyl (C=O) groups is 2. The maximum Gasteiger partial charge on any atom is 0.306 e. The number of carbonyl (C=O) groups excluding carboxylic acids is 1. The van der Waals surface area contributed by atoms with Crippen LogP contribution >= 0.6 is 0 Å². The van der Waals surface area contributed by atoms with Crippen molar-refractivity contribution in [1.82, 2.24) is 5.32 Å². The molecule has 1 aliphatic rings. The standard InChI is InChI=1S/C10H17NO4/c1-6(5-15-2)9(12)11-8-3-7(4-8)10(13)14/h6-8H,3-5H2,1-2H3,(H,11,12)(H,13,14). The van der Waals surface area contributed by atoms with Crippen LogP contribution in [0.2, 0.25) is 0 Å². The second-order valence-electron chi connectivity index (χ2n) is 4.07. The number of carboxylic acid groups (broad SMARTS) is 1. The van der Waals surface area contributed by atoms with Gasteiger partial charge in [0, 0.05) is 13.2 Å². The third-order valence-corrected chi connectivity index (χ3v) is 2.70. The van der Waals surface area contributed by atoms with Crippen molar-refractivity contribution in [3.63, 3.8) is 0 Å². The fraction of sp³-hybridized carbons (Fsp3) is 0.800. The summed E-state index contributed by atoms with van der Waals surface area (Å²) in [7, 11) is 1.55. The van der Waals surface area contributed by atoms with Gasteiger partial charge in [0.2, 0.25) is 5.91 Å². The molecule has 1 rings (SSSR count). The molecule has 0 aliphatic heterocycles. The molecule has 0 bridgehead atoms. The average Bonchev–Trinajstić information content (AvgIpc) is 2.09. The van der Waals surface area contributed by atoms with Crippen molar-refractivity contribution < 1.29 is 19.4 Å². The first kappa shape index (κ1) is 12.0. The minimum atomic E-state index is -0.773. The summed E-state index contributed by atoms with van der Waals surface area (Å²) in [5.41, 5.74) is 0. The van der Waals surface area contributed by atoms with Gasteiger partial charge < -0.3 is 15.2 Å². The summed E-state index contributed by atoms with van der Waals surface area (Å²) < 4.78 is 4.86. The molecule has 1 unspecified atom stereocenters. The third kappa shape index (κ3) is 3.20. The zero-order chi connectivity index (χ0) is 11.4. The predicted octanol–water partition coefficient (Wildman–Crippen LogP) is 0.248. The smallest absolute Gasteiger partial charge is 0.306 e. The van der Waals surface area contributed by atoms with Crippen LogP contribution in [0.5, 0.6) is 0 Å². The number of rotatable bonds is 5. The van der Waals surface area contributed by atoms with Crippen LogP contribution in [0.25, 0.3) is 0 Å². The number of nitrogens with one attached hydrogen (secondary N) is 1. The van der Waals surface area contributed by atoms with Crippen LogP contribution in [0.15, 0.2) is 0 Å². The Morgan fingerprint density at radius 3 is 2.60 bits per heavy atom. The summed E-state index contributed by atoms with van der Waals surface area (Å²) in [6, 6.07) is 0.0258. The fourth-order valence-corrected chi connectivity index (χ4v) is 1.61. The molecule has 1 saturated carbocycles. The zero-order valence-corrected chi connectivity index (χ0v) is 9.03. The lowest BCUT2D eigenvalue weighted by atomic mass is 9.80. The maximum absolute atomic E-state index is 11.5. The van der Waals surface area contributed by atoms with Gasteiger partial charge >= 0.3 is 5.97 Å².